The zero-order valence-electron chi connectivity index (χ0n) is 9.21. The molecule has 0 fully saturated rings. The van der Waals surface area contributed by atoms with Crippen molar-refractivity contribution in [1.82, 2.24) is 0 Å². The molecule has 1 aromatic heterocycles. The average molecular weight is 262 g/mol. The van der Waals surface area contributed by atoms with Gasteiger partial charge in [0.15, 0.2) is 0 Å². The van der Waals surface area contributed by atoms with Gasteiger partial charge in [-0.3, -0.25) is 4.79 Å². The Hall–Kier alpha value is -2.34. The summed E-state index contributed by atoms with van der Waals surface area (Å²) in [6.07, 6.45) is 0. The topological polar surface area (TPSA) is 92.4 Å². The molecule has 6 heteroatoms. The lowest BCUT2D eigenvalue weighted by molar-refractivity contribution is 0.0698. The van der Waals surface area contributed by atoms with Crippen LogP contribution in [-0.2, 0) is 0 Å². The maximum absolute atomic E-state index is 11.8. The van der Waals surface area contributed by atoms with Crippen LogP contribution in [0.1, 0.15) is 20.0 Å². The van der Waals surface area contributed by atoms with E-state index >= 15 is 0 Å². The maximum Gasteiger partial charge on any atom is 0.337 e. The van der Waals surface area contributed by atoms with Crippen LogP contribution in [0.3, 0.4) is 0 Å². The van der Waals surface area contributed by atoms with Gasteiger partial charge in [0.05, 0.1) is 16.1 Å². The van der Waals surface area contributed by atoms with Crippen LogP contribution in [0.2, 0.25) is 0 Å². The van der Waals surface area contributed by atoms with Gasteiger partial charge in [0.2, 0.25) is 0 Å². The number of amides is 1. The Morgan fingerprint density at radius 3 is 2.67 bits per heavy atom. The quantitative estimate of drug-likeness (QED) is 0.740. The number of carbonyl (C=O) groups excluding carboxylic acids is 1. The number of nitrogens with two attached hydrogens (primary N) is 1. The third kappa shape index (κ3) is 2.49. The molecule has 0 bridgehead atoms. The fourth-order valence-electron chi connectivity index (χ4n) is 1.44. The number of hydrogen-bond donors (Lipinski definition) is 3. The number of thiophene rings is 1. The first kappa shape index (κ1) is 12.1. The van der Waals surface area contributed by atoms with Crippen LogP contribution >= 0.6 is 11.3 Å². The summed E-state index contributed by atoms with van der Waals surface area (Å²) in [5.74, 6) is -1.47. The lowest BCUT2D eigenvalue weighted by Crippen LogP contribution is -2.13. The van der Waals surface area contributed by atoms with Crippen molar-refractivity contribution in [3.63, 3.8) is 0 Å². The van der Waals surface area contributed by atoms with Gasteiger partial charge in [0, 0.05) is 5.69 Å². The van der Waals surface area contributed by atoms with Crippen molar-refractivity contribution < 1.29 is 14.7 Å². The summed E-state index contributed by atoms with van der Waals surface area (Å²) in [7, 11) is 0. The van der Waals surface area contributed by atoms with E-state index in [1.54, 1.807) is 17.5 Å². The van der Waals surface area contributed by atoms with Crippen LogP contribution in [0.25, 0.3) is 0 Å². The Balaban J connectivity index is 2.29. The average Bonchev–Trinajstić information content (AvgIpc) is 2.84. The number of hydrogen-bond acceptors (Lipinski definition) is 4. The molecule has 0 saturated carbocycles. The molecule has 0 aliphatic heterocycles. The summed E-state index contributed by atoms with van der Waals surface area (Å²) in [6, 6.07) is 7.74. The second kappa shape index (κ2) is 4.89. The predicted octanol–water partition coefficient (Wildman–Crippen LogP) is 2.28. The van der Waals surface area contributed by atoms with E-state index in [4.69, 9.17) is 10.8 Å². The third-order valence-corrected chi connectivity index (χ3v) is 3.14. The molecular weight excluding hydrogens is 252 g/mol. The number of aromatic carboxylic acids is 1. The lowest BCUT2D eigenvalue weighted by atomic mass is 10.1. The molecule has 2 rings (SSSR count). The highest BCUT2D eigenvalue weighted by Crippen LogP contribution is 2.20. The van der Waals surface area contributed by atoms with E-state index in [1.807, 2.05) is 0 Å². The number of rotatable bonds is 3. The number of nitrogens with one attached hydrogen (secondary N) is 1. The van der Waals surface area contributed by atoms with Crippen LogP contribution in [0.15, 0.2) is 35.7 Å². The number of carbonyl (C=O) groups is 2. The fraction of sp³-hybridized carbons (Fsp3) is 0. The van der Waals surface area contributed by atoms with Gasteiger partial charge >= 0.3 is 5.97 Å². The number of anilines is 2. The predicted molar refractivity (Wildman–Crippen MR) is 70.1 cm³/mol. The van der Waals surface area contributed by atoms with E-state index in [1.165, 1.54) is 29.5 Å². The van der Waals surface area contributed by atoms with Crippen molar-refractivity contribution in [2.75, 3.05) is 11.1 Å². The molecule has 0 unspecified atom stereocenters. The number of benzene rings is 1. The summed E-state index contributed by atoms with van der Waals surface area (Å²) in [6.45, 7) is 0. The van der Waals surface area contributed by atoms with E-state index in [2.05, 4.69) is 5.32 Å². The third-order valence-electron chi connectivity index (χ3n) is 2.27. The van der Waals surface area contributed by atoms with Gasteiger partial charge in [-0.15, -0.1) is 11.3 Å². The summed E-state index contributed by atoms with van der Waals surface area (Å²) >= 11 is 1.28. The lowest BCUT2D eigenvalue weighted by Gasteiger charge is -2.08. The smallest absolute Gasteiger partial charge is 0.337 e. The van der Waals surface area contributed by atoms with Gasteiger partial charge in [-0.25, -0.2) is 4.79 Å². The molecule has 2 aromatic rings. The minimum atomic E-state index is -1.14. The van der Waals surface area contributed by atoms with Crippen LogP contribution < -0.4 is 11.1 Å². The molecular formula is C12H10N2O3S. The van der Waals surface area contributed by atoms with Crippen molar-refractivity contribution in [3.05, 3.63) is 46.2 Å². The Morgan fingerprint density at radius 1 is 1.28 bits per heavy atom. The fourth-order valence-corrected chi connectivity index (χ4v) is 2.06. The standard InChI is InChI=1S/C12H10N2O3S/c13-7-3-4-9(8(6-7)12(16)17)14-11(15)10-2-1-5-18-10/h1-6H,13H2,(H,14,15)(H,16,17). The van der Waals surface area contributed by atoms with Crippen LogP contribution in [0.5, 0.6) is 0 Å². The van der Waals surface area contributed by atoms with Gasteiger partial charge in [-0.2, -0.15) is 0 Å². The highest BCUT2D eigenvalue weighted by Gasteiger charge is 2.14. The van der Waals surface area contributed by atoms with Crippen molar-refractivity contribution in [2.24, 2.45) is 0 Å². The van der Waals surface area contributed by atoms with Crippen molar-refractivity contribution in [3.8, 4) is 0 Å². The van der Waals surface area contributed by atoms with Crippen LogP contribution in [-0.4, -0.2) is 17.0 Å². The zero-order chi connectivity index (χ0) is 13.1. The van der Waals surface area contributed by atoms with Gasteiger partial charge in [-0.1, -0.05) is 6.07 Å². The summed E-state index contributed by atoms with van der Waals surface area (Å²) in [4.78, 5) is 23.4. The van der Waals surface area contributed by atoms with Crippen molar-refractivity contribution in [1.29, 1.82) is 0 Å². The second-order valence-corrected chi connectivity index (χ2v) is 4.49. The van der Waals surface area contributed by atoms with Gasteiger partial charge in [0.25, 0.3) is 5.91 Å². The molecule has 92 valence electrons. The maximum atomic E-state index is 11.8. The Labute approximate surface area is 107 Å². The molecule has 0 radical (unpaired) electrons. The molecule has 5 nitrogen and oxygen atoms in total. The summed E-state index contributed by atoms with van der Waals surface area (Å²) in [5.41, 5.74) is 6.06. The molecule has 0 aliphatic rings. The number of carboxylic acids is 1. The highest BCUT2D eigenvalue weighted by atomic mass is 32.1. The van der Waals surface area contributed by atoms with Crippen LogP contribution in [0, 0.1) is 0 Å². The van der Waals surface area contributed by atoms with Gasteiger partial charge in [-0.05, 0) is 29.6 Å². The number of nitrogen functional groups attached to an aromatic ring is 1. The van der Waals surface area contributed by atoms with E-state index in [0.29, 0.717) is 10.6 Å². The molecule has 0 spiro atoms. The highest BCUT2D eigenvalue weighted by molar-refractivity contribution is 7.12. The summed E-state index contributed by atoms with van der Waals surface area (Å²) in [5, 5.41) is 13.4. The summed E-state index contributed by atoms with van der Waals surface area (Å²) < 4.78 is 0. The number of carboxylic acid groups (broad SMARTS) is 1. The first-order valence-electron chi connectivity index (χ1n) is 5.05. The molecule has 1 amide bonds. The van der Waals surface area contributed by atoms with E-state index in [9.17, 15) is 9.59 Å². The molecule has 0 saturated heterocycles. The van der Waals surface area contributed by atoms with E-state index in [0.717, 1.165) is 0 Å². The minimum absolute atomic E-state index is 0.0279. The van der Waals surface area contributed by atoms with Gasteiger partial charge in [0.1, 0.15) is 0 Å². The van der Waals surface area contributed by atoms with E-state index in [-0.39, 0.29) is 17.2 Å². The Morgan fingerprint density at radius 2 is 2.06 bits per heavy atom. The molecule has 18 heavy (non-hydrogen) atoms. The monoisotopic (exact) mass is 262 g/mol. The first-order chi connectivity index (χ1) is 8.58. The largest absolute Gasteiger partial charge is 0.478 e. The molecule has 0 atom stereocenters. The Kier molecular flexibility index (Phi) is 3.29. The van der Waals surface area contributed by atoms with Gasteiger partial charge < -0.3 is 16.2 Å². The van der Waals surface area contributed by atoms with Crippen molar-refractivity contribution in [2.45, 2.75) is 0 Å². The van der Waals surface area contributed by atoms with E-state index < -0.39 is 5.97 Å². The Bertz CT molecular complexity index is 593. The minimum Gasteiger partial charge on any atom is -0.478 e. The molecule has 4 N–H and O–H groups in total. The second-order valence-electron chi connectivity index (χ2n) is 3.54. The normalized spacial score (nSPS) is 10.0. The first-order valence-corrected chi connectivity index (χ1v) is 5.93. The zero-order valence-corrected chi connectivity index (χ0v) is 10.0. The SMILES string of the molecule is Nc1ccc(NC(=O)c2cccs2)c(C(=O)O)c1. The van der Waals surface area contributed by atoms with Crippen LogP contribution in [0.4, 0.5) is 11.4 Å². The molecule has 1 heterocycles. The molecule has 0 aliphatic carbocycles. The molecule has 1 aromatic carbocycles. The van der Waals surface area contributed by atoms with Crippen molar-refractivity contribution >= 4 is 34.6 Å².